The SMILES string of the molecule is CNc1nccc(-n2ccc(C)n2)n1. The first-order valence-corrected chi connectivity index (χ1v) is 4.33. The molecule has 0 amide bonds. The van der Waals surface area contributed by atoms with Gasteiger partial charge in [0.05, 0.1) is 5.69 Å². The molecule has 0 bridgehead atoms. The molecule has 0 saturated carbocycles. The van der Waals surface area contributed by atoms with Crippen molar-refractivity contribution < 1.29 is 0 Å². The van der Waals surface area contributed by atoms with Gasteiger partial charge in [0.1, 0.15) is 0 Å². The van der Waals surface area contributed by atoms with Crippen LogP contribution in [0.25, 0.3) is 5.82 Å². The van der Waals surface area contributed by atoms with Crippen LogP contribution >= 0.6 is 0 Å². The molecular weight excluding hydrogens is 178 g/mol. The van der Waals surface area contributed by atoms with E-state index in [1.165, 1.54) is 0 Å². The predicted molar refractivity (Wildman–Crippen MR) is 53.4 cm³/mol. The van der Waals surface area contributed by atoms with Crippen LogP contribution in [0.3, 0.4) is 0 Å². The number of aryl methyl sites for hydroxylation is 1. The number of hydrogen-bond donors (Lipinski definition) is 1. The Bertz CT molecular complexity index is 434. The molecule has 2 aromatic rings. The van der Waals surface area contributed by atoms with Gasteiger partial charge in [-0.3, -0.25) is 0 Å². The zero-order chi connectivity index (χ0) is 9.97. The minimum Gasteiger partial charge on any atom is -0.357 e. The van der Waals surface area contributed by atoms with Crippen molar-refractivity contribution in [1.29, 1.82) is 0 Å². The maximum absolute atomic E-state index is 4.25. The molecule has 0 aromatic carbocycles. The van der Waals surface area contributed by atoms with Crippen LogP contribution in [0, 0.1) is 6.92 Å². The molecule has 5 heteroatoms. The van der Waals surface area contributed by atoms with E-state index in [4.69, 9.17) is 0 Å². The van der Waals surface area contributed by atoms with E-state index in [0.717, 1.165) is 11.5 Å². The van der Waals surface area contributed by atoms with Gasteiger partial charge in [0.15, 0.2) is 5.82 Å². The summed E-state index contributed by atoms with van der Waals surface area (Å²) in [4.78, 5) is 8.28. The molecule has 0 unspecified atom stereocenters. The van der Waals surface area contributed by atoms with Crippen molar-refractivity contribution in [2.75, 3.05) is 12.4 Å². The lowest BCUT2D eigenvalue weighted by Gasteiger charge is -2.01. The summed E-state index contributed by atoms with van der Waals surface area (Å²) in [5, 5.41) is 7.14. The van der Waals surface area contributed by atoms with E-state index < -0.39 is 0 Å². The summed E-state index contributed by atoms with van der Waals surface area (Å²) in [7, 11) is 1.79. The van der Waals surface area contributed by atoms with Gasteiger partial charge in [-0.05, 0) is 13.0 Å². The second-order valence-corrected chi connectivity index (χ2v) is 2.89. The van der Waals surface area contributed by atoms with Gasteiger partial charge < -0.3 is 5.32 Å². The summed E-state index contributed by atoms with van der Waals surface area (Å²) >= 11 is 0. The van der Waals surface area contributed by atoms with Crippen molar-refractivity contribution >= 4 is 5.95 Å². The Balaban J connectivity index is 2.41. The second kappa shape index (κ2) is 3.45. The Morgan fingerprint density at radius 1 is 1.36 bits per heavy atom. The minimum absolute atomic E-state index is 0.593. The van der Waals surface area contributed by atoms with Crippen LogP contribution in [0.2, 0.25) is 0 Å². The van der Waals surface area contributed by atoms with Gasteiger partial charge in [0.2, 0.25) is 5.95 Å². The third-order valence-electron chi connectivity index (χ3n) is 1.82. The Hall–Kier alpha value is -1.91. The van der Waals surface area contributed by atoms with Gasteiger partial charge in [0.25, 0.3) is 0 Å². The monoisotopic (exact) mass is 189 g/mol. The van der Waals surface area contributed by atoms with E-state index >= 15 is 0 Å². The van der Waals surface area contributed by atoms with E-state index in [-0.39, 0.29) is 0 Å². The van der Waals surface area contributed by atoms with Gasteiger partial charge in [-0.1, -0.05) is 0 Å². The highest BCUT2D eigenvalue weighted by Gasteiger charge is 2.00. The van der Waals surface area contributed by atoms with Crippen molar-refractivity contribution in [2.45, 2.75) is 6.92 Å². The van der Waals surface area contributed by atoms with E-state index in [2.05, 4.69) is 20.4 Å². The normalized spacial score (nSPS) is 10.1. The molecule has 0 aliphatic heterocycles. The van der Waals surface area contributed by atoms with Crippen LogP contribution in [0.4, 0.5) is 5.95 Å². The van der Waals surface area contributed by atoms with Crippen molar-refractivity contribution in [1.82, 2.24) is 19.7 Å². The van der Waals surface area contributed by atoms with Crippen LogP contribution in [-0.2, 0) is 0 Å². The van der Waals surface area contributed by atoms with E-state index in [9.17, 15) is 0 Å². The van der Waals surface area contributed by atoms with Gasteiger partial charge >= 0.3 is 0 Å². The van der Waals surface area contributed by atoms with Crippen LogP contribution in [0.5, 0.6) is 0 Å². The number of nitrogens with one attached hydrogen (secondary N) is 1. The number of anilines is 1. The Morgan fingerprint density at radius 3 is 2.86 bits per heavy atom. The maximum atomic E-state index is 4.25. The summed E-state index contributed by atoms with van der Waals surface area (Å²) in [6.07, 6.45) is 3.57. The molecule has 1 N–H and O–H groups in total. The lowest BCUT2D eigenvalue weighted by Crippen LogP contribution is -2.02. The highest BCUT2D eigenvalue weighted by molar-refractivity contribution is 5.30. The lowest BCUT2D eigenvalue weighted by molar-refractivity contribution is 0.827. The first kappa shape index (κ1) is 8.68. The molecule has 14 heavy (non-hydrogen) atoms. The number of hydrogen-bond acceptors (Lipinski definition) is 4. The molecule has 72 valence electrons. The van der Waals surface area contributed by atoms with Crippen LogP contribution in [-0.4, -0.2) is 26.8 Å². The van der Waals surface area contributed by atoms with Gasteiger partial charge in [-0.2, -0.15) is 10.1 Å². The molecule has 0 aliphatic carbocycles. The Labute approximate surface area is 81.8 Å². The molecule has 0 saturated heterocycles. The Morgan fingerprint density at radius 2 is 2.21 bits per heavy atom. The molecule has 0 radical (unpaired) electrons. The molecule has 5 nitrogen and oxygen atoms in total. The number of aromatic nitrogens is 4. The zero-order valence-electron chi connectivity index (χ0n) is 8.10. The van der Waals surface area contributed by atoms with Crippen molar-refractivity contribution in [3.8, 4) is 5.82 Å². The Kier molecular flexibility index (Phi) is 2.14. The van der Waals surface area contributed by atoms with E-state index in [1.54, 1.807) is 17.9 Å². The average Bonchev–Trinajstić information content (AvgIpc) is 2.65. The largest absolute Gasteiger partial charge is 0.357 e. The molecule has 0 aliphatic rings. The summed E-state index contributed by atoms with van der Waals surface area (Å²) < 4.78 is 1.72. The second-order valence-electron chi connectivity index (χ2n) is 2.89. The fourth-order valence-corrected chi connectivity index (χ4v) is 1.14. The van der Waals surface area contributed by atoms with Crippen molar-refractivity contribution in [3.05, 3.63) is 30.2 Å². The van der Waals surface area contributed by atoms with Crippen LogP contribution in [0.1, 0.15) is 5.69 Å². The third kappa shape index (κ3) is 1.56. The number of rotatable bonds is 2. The highest BCUT2D eigenvalue weighted by atomic mass is 15.3. The van der Waals surface area contributed by atoms with Crippen molar-refractivity contribution in [2.24, 2.45) is 0 Å². The third-order valence-corrected chi connectivity index (χ3v) is 1.82. The molecule has 0 atom stereocenters. The summed E-state index contributed by atoms with van der Waals surface area (Å²) in [5.74, 6) is 1.35. The standard InChI is InChI=1S/C9H11N5/c1-7-4-6-14(13-7)8-3-5-11-9(10-2)12-8/h3-6H,1-2H3,(H,10,11,12). The maximum Gasteiger partial charge on any atom is 0.224 e. The zero-order valence-corrected chi connectivity index (χ0v) is 8.10. The van der Waals surface area contributed by atoms with E-state index in [0.29, 0.717) is 5.95 Å². The quantitative estimate of drug-likeness (QED) is 0.766. The van der Waals surface area contributed by atoms with Gasteiger partial charge in [-0.25, -0.2) is 9.67 Å². The fraction of sp³-hybridized carbons (Fsp3) is 0.222. The highest BCUT2D eigenvalue weighted by Crippen LogP contribution is 2.05. The topological polar surface area (TPSA) is 55.6 Å². The molecule has 2 aromatic heterocycles. The fourth-order valence-electron chi connectivity index (χ4n) is 1.14. The lowest BCUT2D eigenvalue weighted by atomic mass is 10.5. The summed E-state index contributed by atoms with van der Waals surface area (Å²) in [6.45, 7) is 1.94. The van der Waals surface area contributed by atoms with Gasteiger partial charge in [0, 0.05) is 25.5 Å². The first-order valence-electron chi connectivity index (χ1n) is 4.33. The van der Waals surface area contributed by atoms with E-state index in [1.807, 2.05) is 25.3 Å². The van der Waals surface area contributed by atoms with Crippen molar-refractivity contribution in [3.63, 3.8) is 0 Å². The van der Waals surface area contributed by atoms with Crippen LogP contribution in [0.15, 0.2) is 24.5 Å². The van der Waals surface area contributed by atoms with Crippen LogP contribution < -0.4 is 5.32 Å². The smallest absolute Gasteiger partial charge is 0.224 e. The molecule has 0 fully saturated rings. The first-order chi connectivity index (χ1) is 6.79. The van der Waals surface area contributed by atoms with Gasteiger partial charge in [-0.15, -0.1) is 0 Å². The number of nitrogens with zero attached hydrogens (tertiary/aromatic N) is 4. The predicted octanol–water partition coefficient (Wildman–Crippen LogP) is 1.01. The summed E-state index contributed by atoms with van der Waals surface area (Å²) in [5.41, 5.74) is 0.967. The minimum atomic E-state index is 0.593. The molecule has 0 spiro atoms. The summed E-state index contributed by atoms with van der Waals surface area (Å²) in [6, 6.07) is 3.74. The average molecular weight is 189 g/mol. The molecular formula is C9H11N5. The molecule has 2 rings (SSSR count). The molecule has 2 heterocycles.